The zero-order chi connectivity index (χ0) is 20.3. The zero-order valence-corrected chi connectivity index (χ0v) is 16.7. The average molecular weight is 378 g/mol. The highest BCUT2D eigenvalue weighted by atomic mass is 16.3. The molecule has 3 rings (SSSR count). The van der Waals surface area contributed by atoms with Crippen LogP contribution in [0.4, 0.5) is 0 Å². The SMILES string of the molecule is Cc1ccc(-c2cc(C(=O)NC(C)CO)cc(-n3nccc3C(C)C)c2)nc1. The molecule has 0 bridgehead atoms. The van der Waals surface area contributed by atoms with Crippen molar-refractivity contribution in [3.63, 3.8) is 0 Å². The number of aliphatic hydroxyl groups is 1. The standard InChI is InChI=1S/C22H26N4O2/c1-14(2)21-7-8-24-26(21)19-10-17(20-6-5-15(3)12-23-20)9-18(11-19)22(28)25-16(4)13-27/h5-12,14,16,27H,13H2,1-4H3,(H,25,28). The first-order valence-electron chi connectivity index (χ1n) is 9.43. The number of hydrogen-bond donors (Lipinski definition) is 2. The Morgan fingerprint density at radius 3 is 2.61 bits per heavy atom. The first-order valence-corrected chi connectivity index (χ1v) is 9.43. The molecule has 2 heterocycles. The molecule has 1 aromatic carbocycles. The van der Waals surface area contributed by atoms with E-state index in [-0.39, 0.29) is 24.5 Å². The molecule has 0 spiro atoms. The van der Waals surface area contributed by atoms with Crippen LogP contribution in [0.3, 0.4) is 0 Å². The number of nitrogens with one attached hydrogen (secondary N) is 1. The van der Waals surface area contributed by atoms with Gasteiger partial charge in [0.2, 0.25) is 0 Å². The highest BCUT2D eigenvalue weighted by Gasteiger charge is 2.16. The monoisotopic (exact) mass is 378 g/mol. The Balaban J connectivity index is 2.12. The van der Waals surface area contributed by atoms with Crippen molar-refractivity contribution in [2.24, 2.45) is 0 Å². The van der Waals surface area contributed by atoms with Crippen molar-refractivity contribution in [2.75, 3.05) is 6.61 Å². The first-order chi connectivity index (χ1) is 13.4. The topological polar surface area (TPSA) is 80.0 Å². The molecule has 0 aliphatic rings. The van der Waals surface area contributed by atoms with Crippen LogP contribution in [-0.4, -0.2) is 38.4 Å². The minimum Gasteiger partial charge on any atom is -0.394 e. The fraction of sp³-hybridized carbons (Fsp3) is 0.318. The maximum absolute atomic E-state index is 12.7. The maximum Gasteiger partial charge on any atom is 0.251 e. The highest BCUT2D eigenvalue weighted by Crippen LogP contribution is 2.25. The fourth-order valence-corrected chi connectivity index (χ4v) is 2.97. The average Bonchev–Trinajstić information content (AvgIpc) is 3.18. The lowest BCUT2D eigenvalue weighted by molar-refractivity contribution is 0.0922. The van der Waals surface area contributed by atoms with Crippen molar-refractivity contribution in [3.8, 4) is 16.9 Å². The van der Waals surface area contributed by atoms with Gasteiger partial charge in [-0.05, 0) is 55.7 Å². The van der Waals surface area contributed by atoms with Gasteiger partial charge in [-0.15, -0.1) is 0 Å². The molecule has 3 aromatic rings. The van der Waals surface area contributed by atoms with Gasteiger partial charge in [0, 0.05) is 35.3 Å². The van der Waals surface area contributed by atoms with E-state index in [1.165, 1.54) is 0 Å². The Morgan fingerprint density at radius 1 is 1.18 bits per heavy atom. The number of aryl methyl sites for hydroxylation is 1. The van der Waals surface area contributed by atoms with Crippen molar-refractivity contribution >= 4 is 5.91 Å². The third-order valence-electron chi connectivity index (χ3n) is 4.55. The molecule has 0 radical (unpaired) electrons. The van der Waals surface area contributed by atoms with Crippen LogP contribution >= 0.6 is 0 Å². The molecule has 0 aliphatic heterocycles. The van der Waals surface area contributed by atoms with Crippen LogP contribution in [0.15, 0.2) is 48.8 Å². The number of carbonyl (C=O) groups excluding carboxylic acids is 1. The molecule has 28 heavy (non-hydrogen) atoms. The third kappa shape index (κ3) is 4.28. The van der Waals surface area contributed by atoms with E-state index in [1.54, 1.807) is 13.1 Å². The smallest absolute Gasteiger partial charge is 0.251 e. The lowest BCUT2D eigenvalue weighted by Gasteiger charge is -2.15. The van der Waals surface area contributed by atoms with E-state index in [9.17, 15) is 9.90 Å². The zero-order valence-electron chi connectivity index (χ0n) is 16.7. The Kier molecular flexibility index (Phi) is 5.90. The lowest BCUT2D eigenvalue weighted by atomic mass is 10.0. The summed E-state index contributed by atoms with van der Waals surface area (Å²) in [4.78, 5) is 17.2. The summed E-state index contributed by atoms with van der Waals surface area (Å²) in [6.07, 6.45) is 3.57. The maximum atomic E-state index is 12.7. The third-order valence-corrected chi connectivity index (χ3v) is 4.55. The van der Waals surface area contributed by atoms with Gasteiger partial charge in [-0.2, -0.15) is 5.10 Å². The van der Waals surface area contributed by atoms with E-state index >= 15 is 0 Å². The van der Waals surface area contributed by atoms with Gasteiger partial charge in [0.25, 0.3) is 5.91 Å². The van der Waals surface area contributed by atoms with Crippen molar-refractivity contribution in [3.05, 3.63) is 65.6 Å². The second-order valence-corrected chi connectivity index (χ2v) is 7.37. The number of benzene rings is 1. The Labute approximate surface area is 165 Å². The van der Waals surface area contributed by atoms with Crippen LogP contribution < -0.4 is 5.32 Å². The summed E-state index contributed by atoms with van der Waals surface area (Å²) in [5, 5.41) is 16.5. The molecule has 146 valence electrons. The predicted octanol–water partition coefficient (Wildman–Crippen LogP) is 3.48. The molecule has 0 aliphatic carbocycles. The molecule has 6 heteroatoms. The van der Waals surface area contributed by atoms with Gasteiger partial charge < -0.3 is 10.4 Å². The van der Waals surface area contributed by atoms with E-state index in [0.29, 0.717) is 5.56 Å². The largest absolute Gasteiger partial charge is 0.394 e. The molecular weight excluding hydrogens is 352 g/mol. The van der Waals surface area contributed by atoms with E-state index in [1.807, 2.05) is 54.2 Å². The van der Waals surface area contributed by atoms with Crippen LogP contribution in [0.5, 0.6) is 0 Å². The molecule has 6 nitrogen and oxygen atoms in total. The van der Waals surface area contributed by atoms with Crippen LogP contribution in [0.1, 0.15) is 48.3 Å². The first kappa shape index (κ1) is 19.8. The summed E-state index contributed by atoms with van der Waals surface area (Å²) in [7, 11) is 0. The number of carbonyl (C=O) groups is 1. The minimum absolute atomic E-state index is 0.117. The second-order valence-electron chi connectivity index (χ2n) is 7.37. The Morgan fingerprint density at radius 2 is 1.96 bits per heavy atom. The van der Waals surface area contributed by atoms with Gasteiger partial charge in [-0.25, -0.2) is 4.68 Å². The van der Waals surface area contributed by atoms with Gasteiger partial charge >= 0.3 is 0 Å². The molecule has 2 aromatic heterocycles. The van der Waals surface area contributed by atoms with E-state index < -0.39 is 0 Å². The van der Waals surface area contributed by atoms with Crippen LogP contribution in [0.2, 0.25) is 0 Å². The van der Waals surface area contributed by atoms with Gasteiger partial charge in [0.05, 0.1) is 18.0 Å². The molecule has 1 atom stereocenters. The van der Waals surface area contributed by atoms with Gasteiger partial charge in [0.15, 0.2) is 0 Å². The van der Waals surface area contributed by atoms with E-state index in [2.05, 4.69) is 29.2 Å². The molecule has 1 amide bonds. The van der Waals surface area contributed by atoms with Crippen molar-refractivity contribution in [1.29, 1.82) is 0 Å². The summed E-state index contributed by atoms with van der Waals surface area (Å²) in [6.45, 7) is 7.84. The summed E-state index contributed by atoms with van der Waals surface area (Å²) in [5.41, 5.74) is 5.06. The number of pyridine rings is 1. The Bertz CT molecular complexity index is 961. The minimum atomic E-state index is -0.326. The Hall–Kier alpha value is -2.99. The van der Waals surface area contributed by atoms with E-state index in [0.717, 1.165) is 28.2 Å². The quantitative estimate of drug-likeness (QED) is 0.688. The molecule has 0 saturated carbocycles. The van der Waals surface area contributed by atoms with Crippen LogP contribution in [0, 0.1) is 6.92 Å². The van der Waals surface area contributed by atoms with Gasteiger partial charge in [0.1, 0.15) is 0 Å². The summed E-state index contributed by atoms with van der Waals surface area (Å²) in [6, 6.07) is 11.2. The molecule has 2 N–H and O–H groups in total. The van der Waals surface area contributed by atoms with Crippen molar-refractivity contribution < 1.29 is 9.90 Å². The van der Waals surface area contributed by atoms with Crippen LogP contribution in [0.25, 0.3) is 16.9 Å². The molecule has 0 fully saturated rings. The van der Waals surface area contributed by atoms with Crippen LogP contribution in [-0.2, 0) is 0 Å². The molecule has 1 unspecified atom stereocenters. The highest BCUT2D eigenvalue weighted by molar-refractivity contribution is 5.96. The summed E-state index contributed by atoms with van der Waals surface area (Å²) in [5.74, 6) is 0.0466. The van der Waals surface area contributed by atoms with Crippen molar-refractivity contribution in [1.82, 2.24) is 20.1 Å². The number of rotatable bonds is 6. The number of aliphatic hydroxyl groups excluding tert-OH is 1. The fourth-order valence-electron chi connectivity index (χ4n) is 2.97. The van der Waals surface area contributed by atoms with Crippen molar-refractivity contribution in [2.45, 2.75) is 39.7 Å². The lowest BCUT2D eigenvalue weighted by Crippen LogP contribution is -2.35. The van der Waals surface area contributed by atoms with E-state index in [4.69, 9.17) is 0 Å². The summed E-state index contributed by atoms with van der Waals surface area (Å²) < 4.78 is 1.86. The number of aromatic nitrogens is 3. The number of hydrogen-bond acceptors (Lipinski definition) is 4. The predicted molar refractivity (Wildman–Crippen MR) is 110 cm³/mol. The molecule has 0 saturated heterocycles. The summed E-state index contributed by atoms with van der Waals surface area (Å²) >= 11 is 0. The molecular formula is C22H26N4O2. The second kappa shape index (κ2) is 8.35. The number of nitrogens with zero attached hydrogens (tertiary/aromatic N) is 3. The van der Waals surface area contributed by atoms with Gasteiger partial charge in [-0.1, -0.05) is 19.9 Å². The normalized spacial score (nSPS) is 12.2. The number of amides is 1. The van der Waals surface area contributed by atoms with Gasteiger partial charge in [-0.3, -0.25) is 9.78 Å².